The van der Waals surface area contributed by atoms with Crippen molar-refractivity contribution in [1.82, 2.24) is 0 Å². The van der Waals surface area contributed by atoms with Gasteiger partial charge < -0.3 is 14.2 Å². The Bertz CT molecular complexity index is 1240. The van der Waals surface area contributed by atoms with Crippen LogP contribution in [0, 0.1) is 17.1 Å². The molecule has 5 nitrogen and oxygen atoms in total. The third-order valence-corrected chi connectivity index (χ3v) is 6.68. The summed E-state index contributed by atoms with van der Waals surface area (Å²) in [6, 6.07) is 10.5. The van der Waals surface area contributed by atoms with E-state index in [2.05, 4.69) is 0 Å². The lowest BCUT2D eigenvalue weighted by molar-refractivity contribution is -0.141. The van der Waals surface area contributed by atoms with Gasteiger partial charge in [-0.1, -0.05) is 19.9 Å². The van der Waals surface area contributed by atoms with Crippen molar-refractivity contribution in [3.63, 3.8) is 0 Å². The summed E-state index contributed by atoms with van der Waals surface area (Å²) >= 11 is 0. The third kappa shape index (κ3) is 3.08. The Kier molecular flexibility index (Phi) is 4.56. The number of benzene rings is 2. The Morgan fingerprint density at radius 2 is 1.94 bits per heavy atom. The minimum absolute atomic E-state index is 0.00309. The maximum atomic E-state index is 14.9. The van der Waals surface area contributed by atoms with Crippen LogP contribution in [0.15, 0.2) is 35.9 Å². The molecule has 2 aliphatic carbocycles. The van der Waals surface area contributed by atoms with Gasteiger partial charge in [0.2, 0.25) is 0 Å². The maximum absolute atomic E-state index is 14.9. The van der Waals surface area contributed by atoms with E-state index in [9.17, 15) is 14.4 Å². The first kappa shape index (κ1) is 20.9. The zero-order valence-corrected chi connectivity index (χ0v) is 18.5. The SMILES string of the molecule is CC1(C)OC[C@H](COc2ccc3c(c2)C(C)(C)C2=C(C3=O)c3ccc(C#N)c(F)c3C2)O1. The van der Waals surface area contributed by atoms with Gasteiger partial charge in [-0.05, 0) is 61.2 Å². The molecule has 32 heavy (non-hydrogen) atoms. The molecule has 0 saturated carbocycles. The largest absolute Gasteiger partial charge is 0.491 e. The van der Waals surface area contributed by atoms with Crippen LogP contribution in [0.4, 0.5) is 4.39 Å². The average molecular weight is 433 g/mol. The van der Waals surface area contributed by atoms with E-state index in [-0.39, 0.29) is 17.5 Å². The van der Waals surface area contributed by atoms with Gasteiger partial charge in [0, 0.05) is 22.1 Å². The van der Waals surface area contributed by atoms with E-state index >= 15 is 0 Å². The van der Waals surface area contributed by atoms with Crippen LogP contribution in [-0.4, -0.2) is 30.9 Å². The topological polar surface area (TPSA) is 68.5 Å². The zero-order chi connectivity index (χ0) is 22.8. The van der Waals surface area contributed by atoms with E-state index in [4.69, 9.17) is 14.2 Å². The summed E-state index contributed by atoms with van der Waals surface area (Å²) in [5.41, 5.74) is 3.44. The standard InChI is InChI=1S/C26H24FNO4/c1-25(2)20-9-15(30-12-16-13-31-26(3,4)32-16)6-8-18(20)24(29)22-17-7-5-14(11-28)23(27)19(17)10-21(22)25/h5-9,16H,10,12-13H2,1-4H3/t16-/m0/s1. The first-order valence-corrected chi connectivity index (χ1v) is 10.7. The number of ketones is 1. The second-order valence-electron chi connectivity index (χ2n) is 9.52. The Hall–Kier alpha value is -3.01. The molecule has 0 spiro atoms. The van der Waals surface area contributed by atoms with E-state index in [1.165, 1.54) is 6.07 Å². The Morgan fingerprint density at radius 3 is 2.62 bits per heavy atom. The number of Topliss-reactive ketones (excluding diaryl/α,β-unsaturated/α-hetero) is 1. The molecule has 5 rings (SSSR count). The maximum Gasteiger partial charge on any atom is 0.193 e. The monoisotopic (exact) mass is 433 g/mol. The Balaban J connectivity index is 1.47. The molecule has 0 unspecified atom stereocenters. The number of allylic oxidation sites excluding steroid dienone is 2. The highest BCUT2D eigenvalue weighted by atomic mass is 19.1. The summed E-state index contributed by atoms with van der Waals surface area (Å²) in [7, 11) is 0. The number of carbonyl (C=O) groups excluding carboxylic acids is 1. The van der Waals surface area contributed by atoms with E-state index in [0.717, 1.165) is 11.1 Å². The van der Waals surface area contributed by atoms with Crippen molar-refractivity contribution >= 4 is 11.4 Å². The van der Waals surface area contributed by atoms with Crippen molar-refractivity contribution in [3.8, 4) is 11.8 Å². The molecular formula is C26H24FNO4. The number of ether oxygens (including phenoxy) is 3. The summed E-state index contributed by atoms with van der Waals surface area (Å²) in [4.78, 5) is 13.4. The van der Waals surface area contributed by atoms with E-state index in [0.29, 0.717) is 47.6 Å². The second kappa shape index (κ2) is 6.99. The molecular weight excluding hydrogens is 409 g/mol. The molecule has 2 aromatic rings. The van der Waals surface area contributed by atoms with Crippen molar-refractivity contribution in [2.24, 2.45) is 0 Å². The minimum atomic E-state index is -0.612. The van der Waals surface area contributed by atoms with Gasteiger partial charge in [0.05, 0.1) is 12.2 Å². The lowest BCUT2D eigenvalue weighted by Crippen LogP contribution is -2.30. The van der Waals surface area contributed by atoms with E-state index < -0.39 is 17.0 Å². The van der Waals surface area contributed by atoms with Crippen LogP contribution in [0.5, 0.6) is 5.75 Å². The highest BCUT2D eigenvalue weighted by Crippen LogP contribution is 2.51. The molecule has 1 heterocycles. The van der Waals surface area contributed by atoms with E-state index in [1.54, 1.807) is 18.2 Å². The number of rotatable bonds is 3. The van der Waals surface area contributed by atoms with Crippen LogP contribution in [0.25, 0.3) is 5.57 Å². The van der Waals surface area contributed by atoms with Crippen molar-refractivity contribution in [2.45, 2.75) is 51.4 Å². The number of halogens is 1. The Morgan fingerprint density at radius 1 is 1.19 bits per heavy atom. The number of nitriles is 1. The molecule has 2 aromatic carbocycles. The molecule has 0 aromatic heterocycles. The molecule has 6 heteroatoms. The average Bonchev–Trinajstić information content (AvgIpc) is 3.32. The van der Waals surface area contributed by atoms with Gasteiger partial charge in [0.15, 0.2) is 11.6 Å². The molecule has 164 valence electrons. The molecule has 0 radical (unpaired) electrons. The first-order valence-electron chi connectivity index (χ1n) is 10.7. The van der Waals surface area contributed by atoms with Crippen LogP contribution in [0.2, 0.25) is 0 Å². The van der Waals surface area contributed by atoms with E-state index in [1.807, 2.05) is 39.8 Å². The van der Waals surface area contributed by atoms with Crippen LogP contribution in [0.1, 0.15) is 60.3 Å². The van der Waals surface area contributed by atoms with Gasteiger partial charge in [-0.2, -0.15) is 5.26 Å². The van der Waals surface area contributed by atoms with Crippen molar-refractivity contribution in [2.75, 3.05) is 13.2 Å². The fraction of sp³-hybridized carbons (Fsp3) is 0.385. The minimum Gasteiger partial charge on any atom is -0.491 e. The summed E-state index contributed by atoms with van der Waals surface area (Å²) < 4.78 is 32.2. The fourth-order valence-electron chi connectivity index (χ4n) is 4.99. The molecule has 1 atom stereocenters. The van der Waals surface area contributed by atoms with Crippen LogP contribution in [0.3, 0.4) is 0 Å². The van der Waals surface area contributed by atoms with Gasteiger partial charge in [-0.25, -0.2) is 4.39 Å². The number of fused-ring (bicyclic) bond motifs is 3. The molecule has 1 aliphatic heterocycles. The predicted octanol–water partition coefficient (Wildman–Crippen LogP) is 4.71. The predicted molar refractivity (Wildman–Crippen MR) is 116 cm³/mol. The van der Waals surface area contributed by atoms with Crippen LogP contribution in [-0.2, 0) is 21.3 Å². The van der Waals surface area contributed by atoms with Crippen molar-refractivity contribution in [1.29, 1.82) is 5.26 Å². The Labute approximate surface area is 186 Å². The summed E-state index contributed by atoms with van der Waals surface area (Å²) in [5.74, 6) is -0.606. The van der Waals surface area contributed by atoms with Crippen molar-refractivity contribution < 1.29 is 23.4 Å². The molecule has 0 N–H and O–H groups in total. The molecule has 0 bridgehead atoms. The molecule has 0 amide bonds. The summed E-state index contributed by atoms with van der Waals surface area (Å²) in [6.07, 6.45) is 0.157. The van der Waals surface area contributed by atoms with Crippen molar-refractivity contribution in [3.05, 3.63) is 69.5 Å². The highest BCUT2D eigenvalue weighted by Gasteiger charge is 2.44. The van der Waals surface area contributed by atoms with Gasteiger partial charge in [-0.15, -0.1) is 0 Å². The first-order chi connectivity index (χ1) is 15.1. The summed E-state index contributed by atoms with van der Waals surface area (Å²) in [6.45, 7) is 8.64. The number of hydrogen-bond acceptors (Lipinski definition) is 5. The van der Waals surface area contributed by atoms with Gasteiger partial charge in [0.1, 0.15) is 30.3 Å². The molecule has 3 aliphatic rings. The van der Waals surface area contributed by atoms with Gasteiger partial charge in [0.25, 0.3) is 0 Å². The highest BCUT2D eigenvalue weighted by molar-refractivity contribution is 6.33. The smallest absolute Gasteiger partial charge is 0.193 e. The lowest BCUT2D eigenvalue weighted by atomic mass is 9.68. The lowest BCUT2D eigenvalue weighted by Gasteiger charge is -2.34. The number of nitrogens with zero attached hydrogens (tertiary/aromatic N) is 1. The zero-order valence-electron chi connectivity index (χ0n) is 18.5. The number of carbonyl (C=O) groups is 1. The van der Waals surface area contributed by atoms with Crippen LogP contribution >= 0.6 is 0 Å². The summed E-state index contributed by atoms with van der Waals surface area (Å²) in [5, 5.41) is 9.19. The normalized spacial score (nSPS) is 22.2. The molecule has 1 saturated heterocycles. The van der Waals surface area contributed by atoms with Crippen LogP contribution < -0.4 is 4.74 Å². The third-order valence-electron chi connectivity index (χ3n) is 6.68. The second-order valence-corrected chi connectivity index (χ2v) is 9.52. The number of hydrogen-bond donors (Lipinski definition) is 0. The van der Waals surface area contributed by atoms with Gasteiger partial charge >= 0.3 is 0 Å². The van der Waals surface area contributed by atoms with Gasteiger partial charge in [-0.3, -0.25) is 4.79 Å². The quantitative estimate of drug-likeness (QED) is 0.701. The fourth-order valence-corrected chi connectivity index (χ4v) is 4.99. The molecule has 1 fully saturated rings.